The third-order valence-electron chi connectivity index (χ3n) is 4.63. The summed E-state index contributed by atoms with van der Waals surface area (Å²) in [4.78, 5) is 31.5. The average Bonchev–Trinajstić information content (AvgIpc) is 3.09. The maximum atomic E-state index is 13.4. The first-order valence-electron chi connectivity index (χ1n) is 8.55. The van der Waals surface area contributed by atoms with Crippen LogP contribution in [0.15, 0.2) is 23.6 Å². The predicted octanol–water partition coefficient (Wildman–Crippen LogP) is 3.56. The van der Waals surface area contributed by atoms with E-state index in [4.69, 9.17) is 0 Å². The highest BCUT2D eigenvalue weighted by Crippen LogP contribution is 2.27. The van der Waals surface area contributed by atoms with Gasteiger partial charge in [0.15, 0.2) is 0 Å². The fourth-order valence-corrected chi connectivity index (χ4v) is 3.81. The molecule has 6 nitrogen and oxygen atoms in total. The summed E-state index contributed by atoms with van der Waals surface area (Å²) >= 11 is 1.19. The van der Waals surface area contributed by atoms with Gasteiger partial charge in [-0.05, 0) is 25.0 Å². The molecule has 1 N–H and O–H groups in total. The van der Waals surface area contributed by atoms with E-state index in [-0.39, 0.29) is 18.0 Å². The minimum absolute atomic E-state index is 0.0380. The molecule has 1 aromatic carbocycles. The zero-order valence-electron chi connectivity index (χ0n) is 15.0. The van der Waals surface area contributed by atoms with Crippen LogP contribution in [0.2, 0.25) is 0 Å². The lowest BCUT2D eigenvalue weighted by molar-refractivity contribution is -0.130. The van der Waals surface area contributed by atoms with Crippen LogP contribution in [0, 0.1) is 11.6 Å². The van der Waals surface area contributed by atoms with Crippen LogP contribution >= 0.6 is 11.3 Å². The van der Waals surface area contributed by atoms with Crippen LogP contribution in [0.4, 0.5) is 19.4 Å². The van der Waals surface area contributed by atoms with Crippen LogP contribution in [0.1, 0.15) is 19.8 Å². The molecule has 0 spiro atoms. The van der Waals surface area contributed by atoms with E-state index in [0.29, 0.717) is 42.3 Å². The first-order chi connectivity index (χ1) is 12.8. The van der Waals surface area contributed by atoms with E-state index in [9.17, 15) is 18.4 Å². The largest absolute Gasteiger partial charge is 0.343 e. The number of anilines is 1. The molecule has 0 saturated carbocycles. The van der Waals surface area contributed by atoms with Crippen molar-refractivity contribution in [1.82, 2.24) is 14.8 Å². The van der Waals surface area contributed by atoms with Crippen LogP contribution in [-0.4, -0.2) is 52.9 Å². The van der Waals surface area contributed by atoms with E-state index in [2.05, 4.69) is 10.3 Å². The van der Waals surface area contributed by atoms with Gasteiger partial charge in [-0.2, -0.15) is 0 Å². The van der Waals surface area contributed by atoms with E-state index in [0.717, 1.165) is 6.07 Å². The molecule has 9 heteroatoms. The molecule has 0 radical (unpaired) electrons. The minimum atomic E-state index is -0.678. The van der Waals surface area contributed by atoms with Gasteiger partial charge in [-0.1, -0.05) is 0 Å². The van der Waals surface area contributed by atoms with E-state index < -0.39 is 11.6 Å². The van der Waals surface area contributed by atoms with E-state index >= 15 is 0 Å². The summed E-state index contributed by atoms with van der Waals surface area (Å²) in [5, 5.41) is 4.76. The number of carbonyl (C=O) groups excluding carboxylic acids is 2. The Kier molecular flexibility index (Phi) is 5.69. The first kappa shape index (κ1) is 19.2. The summed E-state index contributed by atoms with van der Waals surface area (Å²) in [6, 6.07) is 2.92. The highest BCUT2D eigenvalue weighted by molar-refractivity contribution is 7.13. The van der Waals surface area contributed by atoms with Crippen molar-refractivity contribution in [2.45, 2.75) is 25.8 Å². The van der Waals surface area contributed by atoms with Crippen molar-refractivity contribution in [1.29, 1.82) is 0 Å². The molecule has 1 fully saturated rings. The number of rotatable bonds is 3. The zero-order chi connectivity index (χ0) is 19.6. The molecule has 2 aromatic rings. The summed E-state index contributed by atoms with van der Waals surface area (Å²) < 4.78 is 26.7. The number of halogens is 2. The molecule has 144 valence electrons. The maximum absolute atomic E-state index is 13.4. The average molecular weight is 394 g/mol. The van der Waals surface area contributed by atoms with Gasteiger partial charge in [0.1, 0.15) is 22.5 Å². The monoisotopic (exact) mass is 394 g/mol. The molecule has 0 unspecified atom stereocenters. The van der Waals surface area contributed by atoms with Gasteiger partial charge < -0.3 is 9.80 Å². The molecule has 1 aliphatic heterocycles. The standard InChI is InChI=1S/C18H20F2N4O2S/c1-11(25)24-5-3-15(4-6-24)23(2)18(26)22-16-10-27-17(21-16)12-7-13(19)9-14(20)8-12/h7-10,15H,3-6H2,1-2H3,(H,22,26). The Labute approximate surface area is 159 Å². The zero-order valence-corrected chi connectivity index (χ0v) is 15.9. The van der Waals surface area contributed by atoms with Gasteiger partial charge in [-0.3, -0.25) is 10.1 Å². The molecule has 3 rings (SSSR count). The third kappa shape index (κ3) is 4.60. The summed E-state index contributed by atoms with van der Waals surface area (Å²) in [6.07, 6.45) is 1.43. The number of thiazole rings is 1. The molecular formula is C18H20F2N4O2S. The van der Waals surface area contributed by atoms with Crippen molar-refractivity contribution in [2.24, 2.45) is 0 Å². The molecular weight excluding hydrogens is 374 g/mol. The van der Waals surface area contributed by atoms with E-state index in [1.807, 2.05) is 0 Å². The predicted molar refractivity (Wildman–Crippen MR) is 99.5 cm³/mol. The van der Waals surface area contributed by atoms with Crippen LogP contribution in [0.25, 0.3) is 10.6 Å². The van der Waals surface area contributed by atoms with Crippen LogP contribution < -0.4 is 5.32 Å². The molecule has 0 bridgehead atoms. The Morgan fingerprint density at radius 3 is 2.44 bits per heavy atom. The lowest BCUT2D eigenvalue weighted by atomic mass is 10.0. The highest BCUT2D eigenvalue weighted by Gasteiger charge is 2.26. The van der Waals surface area contributed by atoms with Crippen LogP contribution in [-0.2, 0) is 4.79 Å². The minimum Gasteiger partial charge on any atom is -0.343 e. The van der Waals surface area contributed by atoms with Crippen molar-refractivity contribution in [2.75, 3.05) is 25.5 Å². The van der Waals surface area contributed by atoms with Crippen molar-refractivity contribution in [3.63, 3.8) is 0 Å². The lowest BCUT2D eigenvalue weighted by Gasteiger charge is -2.36. The van der Waals surface area contributed by atoms with Crippen molar-refractivity contribution in [3.05, 3.63) is 35.2 Å². The molecule has 0 atom stereocenters. The second-order valence-electron chi connectivity index (χ2n) is 6.47. The fraction of sp³-hybridized carbons (Fsp3) is 0.389. The number of piperidine rings is 1. The summed E-state index contributed by atoms with van der Waals surface area (Å²) in [7, 11) is 1.71. The quantitative estimate of drug-likeness (QED) is 0.866. The van der Waals surface area contributed by atoms with Crippen LogP contribution in [0.3, 0.4) is 0 Å². The number of likely N-dealkylation sites (tertiary alicyclic amines) is 1. The molecule has 3 amide bonds. The topological polar surface area (TPSA) is 65.5 Å². The number of carbonyl (C=O) groups is 2. The second-order valence-corrected chi connectivity index (χ2v) is 7.33. The first-order valence-corrected chi connectivity index (χ1v) is 9.43. The van der Waals surface area contributed by atoms with Crippen molar-refractivity contribution >= 4 is 29.1 Å². The Morgan fingerprint density at radius 1 is 1.22 bits per heavy atom. The molecule has 1 aromatic heterocycles. The SMILES string of the molecule is CC(=O)N1CCC(N(C)C(=O)Nc2csc(-c3cc(F)cc(F)c3)n2)CC1. The Hall–Kier alpha value is -2.55. The Bertz CT molecular complexity index is 829. The van der Waals surface area contributed by atoms with Gasteiger partial charge in [-0.25, -0.2) is 18.6 Å². The van der Waals surface area contributed by atoms with Gasteiger partial charge in [-0.15, -0.1) is 11.3 Å². The number of urea groups is 1. The smallest absolute Gasteiger partial charge is 0.323 e. The van der Waals surface area contributed by atoms with Gasteiger partial charge >= 0.3 is 6.03 Å². The Morgan fingerprint density at radius 2 is 1.85 bits per heavy atom. The van der Waals surface area contributed by atoms with Crippen molar-refractivity contribution in [3.8, 4) is 10.6 Å². The molecule has 1 aliphatic rings. The number of amides is 3. The van der Waals surface area contributed by atoms with E-state index in [1.54, 1.807) is 29.2 Å². The van der Waals surface area contributed by atoms with Gasteiger partial charge in [0, 0.05) is 50.1 Å². The third-order valence-corrected chi connectivity index (χ3v) is 5.52. The lowest BCUT2D eigenvalue weighted by Crippen LogP contribution is -2.47. The van der Waals surface area contributed by atoms with Gasteiger partial charge in [0.25, 0.3) is 0 Å². The van der Waals surface area contributed by atoms with Crippen LogP contribution in [0.5, 0.6) is 0 Å². The summed E-state index contributed by atoms with van der Waals surface area (Å²) in [5.41, 5.74) is 0.322. The maximum Gasteiger partial charge on any atom is 0.323 e. The van der Waals surface area contributed by atoms with Gasteiger partial charge in [0.05, 0.1) is 0 Å². The fourth-order valence-electron chi connectivity index (χ4n) is 3.07. The summed E-state index contributed by atoms with van der Waals surface area (Å²) in [5.74, 6) is -0.980. The number of benzene rings is 1. The highest BCUT2D eigenvalue weighted by atomic mass is 32.1. The Balaban J connectivity index is 1.61. The number of nitrogens with zero attached hydrogens (tertiary/aromatic N) is 3. The summed E-state index contributed by atoms with van der Waals surface area (Å²) in [6.45, 7) is 2.80. The van der Waals surface area contributed by atoms with Crippen molar-refractivity contribution < 1.29 is 18.4 Å². The molecule has 1 saturated heterocycles. The molecule has 2 heterocycles. The number of hydrogen-bond acceptors (Lipinski definition) is 4. The number of aromatic nitrogens is 1. The van der Waals surface area contributed by atoms with Gasteiger partial charge in [0.2, 0.25) is 5.91 Å². The number of hydrogen-bond donors (Lipinski definition) is 1. The normalized spacial score (nSPS) is 14.9. The second kappa shape index (κ2) is 7.99. The molecule has 0 aliphatic carbocycles. The number of nitrogens with one attached hydrogen (secondary N) is 1. The van der Waals surface area contributed by atoms with E-state index in [1.165, 1.54) is 23.5 Å². The molecule has 27 heavy (non-hydrogen) atoms.